The minimum Gasteiger partial charge on any atom is -0.309 e. The topological polar surface area (TPSA) is 9.86 Å². The van der Waals surface area contributed by atoms with Gasteiger partial charge >= 0.3 is 0 Å². The van der Waals surface area contributed by atoms with Crippen molar-refractivity contribution in [3.63, 3.8) is 0 Å². The van der Waals surface area contributed by atoms with Gasteiger partial charge in [0.1, 0.15) is 0 Å². The second-order valence-corrected chi connectivity index (χ2v) is 13.7. The first-order valence-electron chi connectivity index (χ1n) is 17.4. The maximum absolute atomic E-state index is 2.55. The fraction of sp³-hybridized carbons (Fsp3) is 0. The Bertz CT molecular complexity index is 3260. The Morgan fingerprint density at radius 3 is 1.88 bits per heavy atom. The van der Waals surface area contributed by atoms with Crippen LogP contribution in [0.15, 0.2) is 170 Å². The number of rotatable bonds is 2. The van der Waals surface area contributed by atoms with Crippen LogP contribution in [0.25, 0.3) is 110 Å². The molecule has 0 fully saturated rings. The van der Waals surface area contributed by atoms with Crippen molar-refractivity contribution < 1.29 is 0 Å². The SMILES string of the molecule is c1cc2c(c(-n3c4ccccc4c4c3ccc3c5ccc6ccccc6c5n(-c5ccc6ccccc6c5)c34)c1)-c1cccc3cccc-2c13. The van der Waals surface area contributed by atoms with Crippen molar-refractivity contribution in [2.24, 2.45) is 0 Å². The van der Waals surface area contributed by atoms with Crippen molar-refractivity contribution in [2.45, 2.75) is 0 Å². The van der Waals surface area contributed by atoms with Gasteiger partial charge in [0.25, 0.3) is 0 Å². The molecular formula is C48H28N2. The normalized spacial score (nSPS) is 12.4. The third-order valence-corrected chi connectivity index (χ3v) is 11.2. The molecule has 1 aliphatic carbocycles. The minimum absolute atomic E-state index is 1.17. The van der Waals surface area contributed by atoms with Crippen LogP contribution >= 0.6 is 0 Å². The maximum atomic E-state index is 2.55. The molecule has 1 aliphatic rings. The van der Waals surface area contributed by atoms with Crippen LogP contribution in [0.4, 0.5) is 0 Å². The van der Waals surface area contributed by atoms with Gasteiger partial charge in [-0.05, 0) is 74.0 Å². The zero-order valence-electron chi connectivity index (χ0n) is 27.1. The molecule has 2 aromatic heterocycles. The lowest BCUT2D eigenvalue weighted by molar-refractivity contribution is 1.18. The second-order valence-electron chi connectivity index (χ2n) is 13.7. The van der Waals surface area contributed by atoms with Crippen molar-refractivity contribution in [2.75, 3.05) is 0 Å². The zero-order valence-corrected chi connectivity index (χ0v) is 27.1. The van der Waals surface area contributed by atoms with E-state index in [1.54, 1.807) is 0 Å². The maximum Gasteiger partial charge on any atom is 0.0641 e. The lowest BCUT2D eigenvalue weighted by Crippen LogP contribution is -1.98. The highest BCUT2D eigenvalue weighted by atomic mass is 15.0. The van der Waals surface area contributed by atoms with E-state index in [9.17, 15) is 0 Å². The van der Waals surface area contributed by atoms with E-state index in [2.05, 4.69) is 179 Å². The molecule has 0 atom stereocenters. The summed E-state index contributed by atoms with van der Waals surface area (Å²) < 4.78 is 5.07. The third-order valence-electron chi connectivity index (χ3n) is 11.2. The average Bonchev–Trinajstić information content (AvgIpc) is 3.82. The van der Waals surface area contributed by atoms with Crippen LogP contribution in [-0.2, 0) is 0 Å². The Labute approximate surface area is 287 Å². The molecule has 11 aromatic rings. The molecule has 230 valence electrons. The van der Waals surface area contributed by atoms with Crippen LogP contribution in [0.3, 0.4) is 0 Å². The highest BCUT2D eigenvalue weighted by Crippen LogP contribution is 2.51. The van der Waals surface area contributed by atoms with Gasteiger partial charge < -0.3 is 9.13 Å². The number of fused-ring (bicyclic) bond motifs is 13. The Kier molecular flexibility index (Phi) is 5.00. The van der Waals surface area contributed by atoms with E-state index in [1.807, 2.05) is 0 Å². The van der Waals surface area contributed by atoms with E-state index in [1.165, 1.54) is 110 Å². The molecule has 2 heterocycles. The number of hydrogen-bond donors (Lipinski definition) is 0. The molecule has 50 heavy (non-hydrogen) atoms. The van der Waals surface area contributed by atoms with Gasteiger partial charge in [0.15, 0.2) is 0 Å². The summed E-state index contributed by atoms with van der Waals surface area (Å²) in [6.45, 7) is 0. The number of benzene rings is 9. The average molecular weight is 633 g/mol. The third kappa shape index (κ3) is 3.28. The lowest BCUT2D eigenvalue weighted by atomic mass is 10.0. The Balaban J connectivity index is 1.28. The molecule has 2 nitrogen and oxygen atoms in total. The first-order chi connectivity index (χ1) is 24.8. The van der Waals surface area contributed by atoms with Gasteiger partial charge in [0.05, 0.1) is 27.8 Å². The van der Waals surface area contributed by atoms with E-state index < -0.39 is 0 Å². The molecule has 0 unspecified atom stereocenters. The van der Waals surface area contributed by atoms with Gasteiger partial charge in [0.2, 0.25) is 0 Å². The molecule has 0 spiro atoms. The molecule has 2 heteroatoms. The molecule has 0 aliphatic heterocycles. The van der Waals surface area contributed by atoms with E-state index in [4.69, 9.17) is 0 Å². The Morgan fingerprint density at radius 2 is 0.980 bits per heavy atom. The van der Waals surface area contributed by atoms with Crippen LogP contribution in [-0.4, -0.2) is 9.13 Å². The summed E-state index contributed by atoms with van der Waals surface area (Å²) in [6.07, 6.45) is 0. The number of para-hydroxylation sites is 1. The van der Waals surface area contributed by atoms with Gasteiger partial charge in [-0.25, -0.2) is 0 Å². The fourth-order valence-corrected chi connectivity index (χ4v) is 9.16. The molecule has 0 bridgehead atoms. The standard InChI is InChI=1S/C48H28N2/c1-2-12-32-28-33(24-22-29(32)10-1)49-47-34-15-4-3-11-30(34)23-25-37(47)38-26-27-43-46(48(38)49)39-16-5-6-20-41(39)50(43)42-21-9-18-36-35-17-7-13-31-14-8-19-40(44(31)35)45(36)42/h1-28H. The van der Waals surface area contributed by atoms with E-state index in [-0.39, 0.29) is 0 Å². The van der Waals surface area contributed by atoms with E-state index in [0.717, 1.165) is 0 Å². The van der Waals surface area contributed by atoms with Gasteiger partial charge in [-0.1, -0.05) is 140 Å². The predicted octanol–water partition coefficient (Wildman–Crippen LogP) is 13.0. The monoisotopic (exact) mass is 632 g/mol. The van der Waals surface area contributed by atoms with Gasteiger partial charge in [0, 0.05) is 38.2 Å². The second kappa shape index (κ2) is 9.49. The molecule has 0 saturated heterocycles. The summed E-state index contributed by atoms with van der Waals surface area (Å²) in [5.41, 5.74) is 12.6. The molecule has 0 saturated carbocycles. The first-order valence-corrected chi connectivity index (χ1v) is 17.4. The molecular weight excluding hydrogens is 605 g/mol. The summed E-state index contributed by atoms with van der Waals surface area (Å²) >= 11 is 0. The zero-order chi connectivity index (χ0) is 32.5. The summed E-state index contributed by atoms with van der Waals surface area (Å²) in [5.74, 6) is 0. The smallest absolute Gasteiger partial charge is 0.0641 e. The largest absolute Gasteiger partial charge is 0.309 e. The number of nitrogens with zero attached hydrogens (tertiary/aromatic N) is 2. The van der Waals surface area contributed by atoms with Crippen molar-refractivity contribution in [1.82, 2.24) is 9.13 Å². The summed E-state index contributed by atoms with van der Waals surface area (Å²) in [7, 11) is 0. The quantitative estimate of drug-likeness (QED) is 0.179. The van der Waals surface area contributed by atoms with Gasteiger partial charge in [-0.15, -0.1) is 0 Å². The highest BCUT2D eigenvalue weighted by Gasteiger charge is 2.27. The van der Waals surface area contributed by atoms with E-state index >= 15 is 0 Å². The summed E-state index contributed by atoms with van der Waals surface area (Å²) in [5, 5.41) is 12.7. The van der Waals surface area contributed by atoms with Crippen molar-refractivity contribution in [3.05, 3.63) is 170 Å². The van der Waals surface area contributed by atoms with Crippen LogP contribution in [0, 0.1) is 0 Å². The molecule has 0 radical (unpaired) electrons. The predicted molar refractivity (Wildman–Crippen MR) is 212 cm³/mol. The lowest BCUT2D eigenvalue weighted by Gasteiger charge is -2.15. The summed E-state index contributed by atoms with van der Waals surface area (Å²) in [6, 6.07) is 63.0. The van der Waals surface area contributed by atoms with Gasteiger partial charge in [-0.3, -0.25) is 0 Å². The van der Waals surface area contributed by atoms with Crippen LogP contribution in [0.1, 0.15) is 0 Å². The number of hydrogen-bond acceptors (Lipinski definition) is 0. The molecule has 0 amide bonds. The summed E-state index contributed by atoms with van der Waals surface area (Å²) in [4.78, 5) is 0. The Morgan fingerprint density at radius 1 is 0.320 bits per heavy atom. The van der Waals surface area contributed by atoms with E-state index in [0.29, 0.717) is 0 Å². The Hall–Kier alpha value is -6.64. The van der Waals surface area contributed by atoms with Crippen molar-refractivity contribution >= 4 is 75.9 Å². The van der Waals surface area contributed by atoms with Crippen molar-refractivity contribution in [1.29, 1.82) is 0 Å². The molecule has 0 N–H and O–H groups in total. The fourth-order valence-electron chi connectivity index (χ4n) is 9.16. The van der Waals surface area contributed by atoms with Crippen LogP contribution in [0.5, 0.6) is 0 Å². The molecule has 12 rings (SSSR count). The molecule has 9 aromatic carbocycles. The minimum atomic E-state index is 1.17. The van der Waals surface area contributed by atoms with Crippen LogP contribution < -0.4 is 0 Å². The first kappa shape index (κ1) is 26.3. The number of aromatic nitrogens is 2. The van der Waals surface area contributed by atoms with Crippen molar-refractivity contribution in [3.8, 4) is 33.6 Å². The van der Waals surface area contributed by atoms with Gasteiger partial charge in [-0.2, -0.15) is 0 Å². The highest BCUT2D eigenvalue weighted by molar-refractivity contribution is 6.29. The van der Waals surface area contributed by atoms with Crippen LogP contribution in [0.2, 0.25) is 0 Å².